The summed E-state index contributed by atoms with van der Waals surface area (Å²) in [7, 11) is 1.98. The molecule has 0 aromatic heterocycles. The van der Waals surface area contributed by atoms with E-state index in [1.807, 2.05) is 7.05 Å². The van der Waals surface area contributed by atoms with Crippen LogP contribution in [0.5, 0.6) is 0 Å². The monoisotopic (exact) mass is 128 g/mol. The van der Waals surface area contributed by atoms with E-state index in [-0.39, 0.29) is 0 Å². The molecular formula is C7H16N2. The fourth-order valence-electron chi connectivity index (χ4n) is 0.842. The average molecular weight is 128 g/mol. The largest absolute Gasteiger partial charge is 0.318 e. The number of nitrogens with one attached hydrogen (secondary N) is 2. The van der Waals surface area contributed by atoms with E-state index in [1.54, 1.807) is 0 Å². The Morgan fingerprint density at radius 3 is 2.67 bits per heavy atom. The fourth-order valence-corrected chi connectivity index (χ4v) is 0.842. The van der Waals surface area contributed by atoms with Crippen LogP contribution in [0.2, 0.25) is 0 Å². The lowest BCUT2D eigenvalue weighted by Gasteiger charge is -2.00. The van der Waals surface area contributed by atoms with Crippen LogP contribution in [0.3, 0.4) is 0 Å². The highest BCUT2D eigenvalue weighted by Crippen LogP contribution is 2.27. The molecule has 0 spiro atoms. The molecule has 0 aliphatic heterocycles. The molecule has 0 saturated heterocycles. The molecule has 1 aliphatic carbocycles. The van der Waals surface area contributed by atoms with E-state index in [4.69, 9.17) is 0 Å². The lowest BCUT2D eigenvalue weighted by atomic mass is 10.4. The van der Waals surface area contributed by atoms with Crippen LogP contribution < -0.4 is 10.6 Å². The van der Waals surface area contributed by atoms with Gasteiger partial charge < -0.3 is 10.6 Å². The summed E-state index contributed by atoms with van der Waals surface area (Å²) in [6.45, 7) is 3.45. The van der Waals surface area contributed by atoms with Gasteiger partial charge in [0.15, 0.2) is 0 Å². The zero-order chi connectivity index (χ0) is 6.53. The Balaban J connectivity index is 1.71. The van der Waals surface area contributed by atoms with Crippen molar-refractivity contribution in [2.24, 2.45) is 5.92 Å². The molecule has 2 nitrogen and oxygen atoms in total. The van der Waals surface area contributed by atoms with Crippen molar-refractivity contribution in [3.63, 3.8) is 0 Å². The van der Waals surface area contributed by atoms with Crippen LogP contribution in [0.1, 0.15) is 12.8 Å². The van der Waals surface area contributed by atoms with Gasteiger partial charge >= 0.3 is 0 Å². The second-order valence-electron chi connectivity index (χ2n) is 2.75. The van der Waals surface area contributed by atoms with Crippen LogP contribution >= 0.6 is 0 Å². The highest BCUT2D eigenvalue weighted by Gasteiger charge is 2.19. The predicted molar refractivity (Wildman–Crippen MR) is 39.5 cm³/mol. The Labute approximate surface area is 57.0 Å². The summed E-state index contributed by atoms with van der Waals surface area (Å²) >= 11 is 0. The SMILES string of the molecule is CNCCNCC1CC1. The second-order valence-corrected chi connectivity index (χ2v) is 2.75. The van der Waals surface area contributed by atoms with Crippen molar-refractivity contribution in [2.75, 3.05) is 26.7 Å². The molecule has 0 bridgehead atoms. The van der Waals surface area contributed by atoms with Crippen molar-refractivity contribution < 1.29 is 0 Å². The first-order valence-electron chi connectivity index (χ1n) is 3.79. The third-order valence-electron chi connectivity index (χ3n) is 1.68. The molecule has 1 fully saturated rings. The second kappa shape index (κ2) is 3.85. The normalized spacial score (nSPS) is 18.3. The molecule has 0 aromatic rings. The molecule has 1 rings (SSSR count). The van der Waals surface area contributed by atoms with Crippen molar-refractivity contribution in [3.8, 4) is 0 Å². The third-order valence-corrected chi connectivity index (χ3v) is 1.68. The van der Waals surface area contributed by atoms with Gasteiger partial charge in [0.25, 0.3) is 0 Å². The van der Waals surface area contributed by atoms with Crippen LogP contribution in [0.25, 0.3) is 0 Å². The number of rotatable bonds is 5. The van der Waals surface area contributed by atoms with Crippen LogP contribution in [0, 0.1) is 5.92 Å². The average Bonchev–Trinajstić information content (AvgIpc) is 2.63. The Bertz CT molecular complexity index is 69.3. The first kappa shape index (κ1) is 7.03. The van der Waals surface area contributed by atoms with Gasteiger partial charge in [-0.2, -0.15) is 0 Å². The molecule has 2 N–H and O–H groups in total. The van der Waals surface area contributed by atoms with Crippen molar-refractivity contribution in [2.45, 2.75) is 12.8 Å². The van der Waals surface area contributed by atoms with Crippen molar-refractivity contribution >= 4 is 0 Å². The Kier molecular flexibility index (Phi) is 3.01. The van der Waals surface area contributed by atoms with E-state index in [1.165, 1.54) is 19.4 Å². The molecule has 0 atom stereocenters. The standard InChI is InChI=1S/C7H16N2/c1-8-4-5-9-6-7-2-3-7/h7-9H,2-6H2,1H3. The maximum atomic E-state index is 3.39. The highest BCUT2D eigenvalue weighted by molar-refractivity contribution is 4.75. The number of hydrogen-bond acceptors (Lipinski definition) is 2. The molecule has 1 aliphatic rings. The van der Waals surface area contributed by atoms with Crippen LogP contribution in [-0.2, 0) is 0 Å². The first-order valence-corrected chi connectivity index (χ1v) is 3.79. The Morgan fingerprint density at radius 1 is 1.33 bits per heavy atom. The summed E-state index contributed by atoms with van der Waals surface area (Å²) < 4.78 is 0. The van der Waals surface area contributed by atoms with Gasteiger partial charge in [0.05, 0.1) is 0 Å². The highest BCUT2D eigenvalue weighted by atomic mass is 14.9. The van der Waals surface area contributed by atoms with Gasteiger partial charge in [0.2, 0.25) is 0 Å². The summed E-state index contributed by atoms with van der Waals surface area (Å²) in [4.78, 5) is 0. The lowest BCUT2D eigenvalue weighted by molar-refractivity contribution is 0.616. The Hall–Kier alpha value is -0.0800. The maximum absolute atomic E-state index is 3.39. The lowest BCUT2D eigenvalue weighted by Crippen LogP contribution is -2.26. The van der Waals surface area contributed by atoms with Gasteiger partial charge in [0, 0.05) is 13.1 Å². The molecule has 2 heteroatoms. The van der Waals surface area contributed by atoms with Crippen LogP contribution in [-0.4, -0.2) is 26.7 Å². The molecular weight excluding hydrogens is 112 g/mol. The molecule has 9 heavy (non-hydrogen) atoms. The van der Waals surface area contributed by atoms with Crippen molar-refractivity contribution in [3.05, 3.63) is 0 Å². The maximum Gasteiger partial charge on any atom is 0.00767 e. The Morgan fingerprint density at radius 2 is 2.11 bits per heavy atom. The molecule has 0 unspecified atom stereocenters. The van der Waals surface area contributed by atoms with Gasteiger partial charge in [0.1, 0.15) is 0 Å². The van der Waals surface area contributed by atoms with E-state index in [0.29, 0.717) is 0 Å². The van der Waals surface area contributed by atoms with E-state index in [9.17, 15) is 0 Å². The van der Waals surface area contributed by atoms with Gasteiger partial charge in [-0.05, 0) is 32.4 Å². The zero-order valence-electron chi connectivity index (χ0n) is 6.11. The predicted octanol–water partition coefficient (Wildman–Crippen LogP) is 0.205. The molecule has 1 saturated carbocycles. The summed E-state index contributed by atoms with van der Waals surface area (Å²) in [5, 5.41) is 6.49. The van der Waals surface area contributed by atoms with E-state index in [2.05, 4.69) is 10.6 Å². The van der Waals surface area contributed by atoms with Gasteiger partial charge in [-0.3, -0.25) is 0 Å². The van der Waals surface area contributed by atoms with Crippen molar-refractivity contribution in [1.82, 2.24) is 10.6 Å². The number of likely N-dealkylation sites (N-methyl/N-ethyl adjacent to an activating group) is 1. The molecule has 0 radical (unpaired) electrons. The quantitative estimate of drug-likeness (QED) is 0.517. The summed E-state index contributed by atoms with van der Waals surface area (Å²) in [6, 6.07) is 0. The number of hydrogen-bond donors (Lipinski definition) is 2. The van der Waals surface area contributed by atoms with E-state index < -0.39 is 0 Å². The molecule has 0 heterocycles. The topological polar surface area (TPSA) is 24.1 Å². The van der Waals surface area contributed by atoms with Gasteiger partial charge in [-0.25, -0.2) is 0 Å². The molecule has 54 valence electrons. The zero-order valence-corrected chi connectivity index (χ0v) is 6.11. The summed E-state index contributed by atoms with van der Waals surface area (Å²) in [6.07, 6.45) is 2.90. The fraction of sp³-hybridized carbons (Fsp3) is 1.00. The smallest absolute Gasteiger partial charge is 0.00767 e. The summed E-state index contributed by atoms with van der Waals surface area (Å²) in [5.74, 6) is 1.02. The minimum absolute atomic E-state index is 1.02. The van der Waals surface area contributed by atoms with Gasteiger partial charge in [-0.15, -0.1) is 0 Å². The van der Waals surface area contributed by atoms with Crippen LogP contribution in [0.4, 0.5) is 0 Å². The first-order chi connectivity index (χ1) is 4.43. The summed E-state index contributed by atoms with van der Waals surface area (Å²) in [5.41, 5.74) is 0. The molecule has 0 aromatic carbocycles. The van der Waals surface area contributed by atoms with Crippen LogP contribution in [0.15, 0.2) is 0 Å². The van der Waals surface area contributed by atoms with E-state index >= 15 is 0 Å². The minimum atomic E-state index is 1.02. The minimum Gasteiger partial charge on any atom is -0.318 e. The molecule has 0 amide bonds. The van der Waals surface area contributed by atoms with Gasteiger partial charge in [-0.1, -0.05) is 0 Å². The van der Waals surface area contributed by atoms with Crippen molar-refractivity contribution in [1.29, 1.82) is 0 Å². The third kappa shape index (κ3) is 3.49. The van der Waals surface area contributed by atoms with E-state index in [0.717, 1.165) is 19.0 Å².